The number of benzene rings is 1. The molecule has 0 bridgehead atoms. The van der Waals surface area contributed by atoms with E-state index in [1.54, 1.807) is 6.07 Å². The molecule has 3 N–H and O–H groups in total. The maximum Gasteiger partial charge on any atom is 0.267 e. The smallest absolute Gasteiger partial charge is 0.267 e. The van der Waals surface area contributed by atoms with Crippen molar-refractivity contribution < 1.29 is 4.79 Å². The highest BCUT2D eigenvalue weighted by Crippen LogP contribution is 2.20. The van der Waals surface area contributed by atoms with E-state index in [1.807, 2.05) is 29.6 Å². The van der Waals surface area contributed by atoms with Crippen LogP contribution in [0.2, 0.25) is 0 Å². The molecule has 18 heavy (non-hydrogen) atoms. The van der Waals surface area contributed by atoms with E-state index in [0.29, 0.717) is 10.6 Å². The standard InChI is InChI=1S/C14H16N2OS/c1-2-3-10-4-6-11(7-5-10)16-14(17)13-12(15)8-9-18-13/h4-9H,2-3,15H2,1H3,(H,16,17). The minimum absolute atomic E-state index is 0.147. The lowest BCUT2D eigenvalue weighted by Crippen LogP contribution is -2.11. The normalized spacial score (nSPS) is 10.3. The highest BCUT2D eigenvalue weighted by molar-refractivity contribution is 7.12. The molecule has 2 rings (SSSR count). The van der Waals surface area contributed by atoms with Crippen LogP contribution in [0, 0.1) is 0 Å². The second kappa shape index (κ2) is 5.69. The second-order valence-corrected chi connectivity index (χ2v) is 5.02. The van der Waals surface area contributed by atoms with Gasteiger partial charge < -0.3 is 11.1 Å². The maximum atomic E-state index is 11.9. The highest BCUT2D eigenvalue weighted by atomic mass is 32.1. The van der Waals surface area contributed by atoms with Gasteiger partial charge in [0.2, 0.25) is 0 Å². The Morgan fingerprint density at radius 3 is 2.56 bits per heavy atom. The number of thiophene rings is 1. The number of hydrogen-bond donors (Lipinski definition) is 2. The molecule has 0 aliphatic rings. The summed E-state index contributed by atoms with van der Waals surface area (Å²) in [5.74, 6) is -0.147. The summed E-state index contributed by atoms with van der Waals surface area (Å²) in [6.45, 7) is 2.15. The van der Waals surface area contributed by atoms with E-state index in [-0.39, 0.29) is 5.91 Å². The molecule has 1 aromatic carbocycles. The van der Waals surface area contributed by atoms with E-state index in [2.05, 4.69) is 12.2 Å². The average Bonchev–Trinajstić information content (AvgIpc) is 2.78. The molecule has 1 aromatic heterocycles. The van der Waals surface area contributed by atoms with Crippen LogP contribution in [-0.2, 0) is 6.42 Å². The number of aryl methyl sites for hydroxylation is 1. The molecule has 0 unspecified atom stereocenters. The zero-order chi connectivity index (χ0) is 13.0. The number of nitrogen functional groups attached to an aromatic ring is 1. The van der Waals surface area contributed by atoms with Crippen molar-refractivity contribution in [2.75, 3.05) is 11.1 Å². The first-order valence-electron chi connectivity index (χ1n) is 5.94. The number of hydrogen-bond acceptors (Lipinski definition) is 3. The Kier molecular flexibility index (Phi) is 3.99. The molecule has 0 atom stereocenters. The minimum Gasteiger partial charge on any atom is -0.397 e. The fourth-order valence-corrected chi connectivity index (χ4v) is 2.45. The minimum atomic E-state index is -0.147. The third kappa shape index (κ3) is 2.90. The Balaban J connectivity index is 2.05. The van der Waals surface area contributed by atoms with Crippen molar-refractivity contribution in [2.24, 2.45) is 0 Å². The molecule has 0 spiro atoms. The molecule has 1 amide bonds. The molecule has 0 saturated carbocycles. The molecular weight excluding hydrogens is 244 g/mol. The molecule has 1 heterocycles. The predicted molar refractivity (Wildman–Crippen MR) is 77.1 cm³/mol. The summed E-state index contributed by atoms with van der Waals surface area (Å²) in [6, 6.07) is 9.66. The quantitative estimate of drug-likeness (QED) is 0.883. The van der Waals surface area contributed by atoms with Crippen molar-refractivity contribution in [3.63, 3.8) is 0 Å². The third-order valence-electron chi connectivity index (χ3n) is 2.65. The molecule has 2 aromatic rings. The molecule has 0 aliphatic heterocycles. The van der Waals surface area contributed by atoms with E-state index in [1.165, 1.54) is 16.9 Å². The number of anilines is 2. The zero-order valence-electron chi connectivity index (χ0n) is 10.3. The van der Waals surface area contributed by atoms with Crippen LogP contribution in [0.15, 0.2) is 35.7 Å². The molecule has 4 heteroatoms. The van der Waals surface area contributed by atoms with Gasteiger partial charge in [-0.3, -0.25) is 4.79 Å². The van der Waals surface area contributed by atoms with Crippen LogP contribution in [0.3, 0.4) is 0 Å². The van der Waals surface area contributed by atoms with Gasteiger partial charge in [0, 0.05) is 5.69 Å². The Hall–Kier alpha value is -1.81. The molecular formula is C14H16N2OS. The summed E-state index contributed by atoms with van der Waals surface area (Å²) in [6.07, 6.45) is 2.18. The molecule has 3 nitrogen and oxygen atoms in total. The van der Waals surface area contributed by atoms with Crippen LogP contribution < -0.4 is 11.1 Å². The molecule has 94 valence electrons. The Labute approximate surface area is 111 Å². The van der Waals surface area contributed by atoms with Crippen LogP contribution in [0.4, 0.5) is 11.4 Å². The van der Waals surface area contributed by atoms with Crippen LogP contribution in [0.1, 0.15) is 28.6 Å². The number of rotatable bonds is 4. The summed E-state index contributed by atoms with van der Waals surface area (Å²) in [7, 11) is 0. The first-order valence-corrected chi connectivity index (χ1v) is 6.82. The van der Waals surface area contributed by atoms with Crippen molar-refractivity contribution >= 4 is 28.6 Å². The van der Waals surface area contributed by atoms with Crippen molar-refractivity contribution in [3.05, 3.63) is 46.2 Å². The number of nitrogens with two attached hydrogens (primary N) is 1. The maximum absolute atomic E-state index is 11.9. The van der Waals surface area contributed by atoms with Gasteiger partial charge in [-0.2, -0.15) is 0 Å². The van der Waals surface area contributed by atoms with Gasteiger partial charge in [-0.25, -0.2) is 0 Å². The fourth-order valence-electron chi connectivity index (χ4n) is 1.73. The predicted octanol–water partition coefficient (Wildman–Crippen LogP) is 3.54. The van der Waals surface area contributed by atoms with Crippen molar-refractivity contribution in [1.29, 1.82) is 0 Å². The molecule has 0 aliphatic carbocycles. The lowest BCUT2D eigenvalue weighted by atomic mass is 10.1. The van der Waals surface area contributed by atoms with Gasteiger partial charge in [0.15, 0.2) is 0 Å². The second-order valence-electron chi connectivity index (χ2n) is 4.11. The van der Waals surface area contributed by atoms with Crippen molar-refractivity contribution in [1.82, 2.24) is 0 Å². The van der Waals surface area contributed by atoms with Crippen LogP contribution in [0.25, 0.3) is 0 Å². The number of carbonyl (C=O) groups is 1. The first kappa shape index (κ1) is 12.6. The lowest BCUT2D eigenvalue weighted by Gasteiger charge is -2.05. The van der Waals surface area contributed by atoms with E-state index in [4.69, 9.17) is 5.73 Å². The van der Waals surface area contributed by atoms with E-state index in [0.717, 1.165) is 18.5 Å². The zero-order valence-corrected chi connectivity index (χ0v) is 11.1. The van der Waals surface area contributed by atoms with Crippen molar-refractivity contribution in [3.8, 4) is 0 Å². The topological polar surface area (TPSA) is 55.1 Å². The number of carbonyl (C=O) groups excluding carboxylic acids is 1. The SMILES string of the molecule is CCCc1ccc(NC(=O)c2sccc2N)cc1. The summed E-state index contributed by atoms with van der Waals surface area (Å²) < 4.78 is 0. The molecule has 0 fully saturated rings. The van der Waals surface area contributed by atoms with Gasteiger partial charge in [0.25, 0.3) is 5.91 Å². The van der Waals surface area contributed by atoms with Crippen molar-refractivity contribution in [2.45, 2.75) is 19.8 Å². The third-order valence-corrected chi connectivity index (χ3v) is 3.58. The summed E-state index contributed by atoms with van der Waals surface area (Å²) in [4.78, 5) is 12.5. The first-order chi connectivity index (χ1) is 8.70. The largest absolute Gasteiger partial charge is 0.397 e. The van der Waals surface area contributed by atoms with Gasteiger partial charge in [-0.05, 0) is 35.6 Å². The van der Waals surface area contributed by atoms with Gasteiger partial charge in [0.1, 0.15) is 4.88 Å². The van der Waals surface area contributed by atoms with E-state index < -0.39 is 0 Å². The van der Waals surface area contributed by atoms with Crippen LogP contribution in [-0.4, -0.2) is 5.91 Å². The fraction of sp³-hybridized carbons (Fsp3) is 0.214. The average molecular weight is 260 g/mol. The van der Waals surface area contributed by atoms with Gasteiger partial charge in [-0.15, -0.1) is 11.3 Å². The number of amides is 1. The highest BCUT2D eigenvalue weighted by Gasteiger charge is 2.10. The van der Waals surface area contributed by atoms with E-state index in [9.17, 15) is 4.79 Å². The Morgan fingerprint density at radius 1 is 1.28 bits per heavy atom. The summed E-state index contributed by atoms with van der Waals surface area (Å²) in [5.41, 5.74) is 8.32. The monoisotopic (exact) mass is 260 g/mol. The van der Waals surface area contributed by atoms with E-state index >= 15 is 0 Å². The molecule has 0 saturated heterocycles. The van der Waals surface area contributed by atoms with Gasteiger partial charge in [-0.1, -0.05) is 25.5 Å². The van der Waals surface area contributed by atoms with Gasteiger partial charge >= 0.3 is 0 Å². The summed E-state index contributed by atoms with van der Waals surface area (Å²) >= 11 is 1.35. The summed E-state index contributed by atoms with van der Waals surface area (Å²) in [5, 5.41) is 4.66. The van der Waals surface area contributed by atoms with Crippen LogP contribution in [0.5, 0.6) is 0 Å². The Morgan fingerprint density at radius 2 is 2.00 bits per heavy atom. The lowest BCUT2D eigenvalue weighted by molar-refractivity contribution is 0.103. The van der Waals surface area contributed by atoms with Crippen LogP contribution >= 0.6 is 11.3 Å². The number of nitrogens with one attached hydrogen (secondary N) is 1. The molecule has 0 radical (unpaired) electrons. The van der Waals surface area contributed by atoms with Gasteiger partial charge in [0.05, 0.1) is 5.69 Å². The Bertz CT molecular complexity index is 531.